The van der Waals surface area contributed by atoms with E-state index in [9.17, 15) is 9.59 Å². The van der Waals surface area contributed by atoms with Crippen LogP contribution in [-0.2, 0) is 20.9 Å². The van der Waals surface area contributed by atoms with Gasteiger partial charge in [-0.1, -0.05) is 30.3 Å². The van der Waals surface area contributed by atoms with Crippen molar-refractivity contribution >= 4 is 11.8 Å². The van der Waals surface area contributed by atoms with Crippen LogP contribution in [0, 0.1) is 0 Å². The van der Waals surface area contributed by atoms with E-state index in [1.807, 2.05) is 6.07 Å². The third-order valence-corrected chi connectivity index (χ3v) is 4.82. The number of carbonyl (C=O) groups excluding carboxylic acids is 2. The van der Waals surface area contributed by atoms with Crippen molar-refractivity contribution in [2.45, 2.75) is 31.8 Å². The van der Waals surface area contributed by atoms with Crippen molar-refractivity contribution in [2.75, 3.05) is 39.4 Å². The monoisotopic (exact) mass is 345 g/mol. The third kappa shape index (κ3) is 5.54. The lowest BCUT2D eigenvalue weighted by atomic mass is 10.2. The average Bonchev–Trinajstić information content (AvgIpc) is 3.08. The lowest BCUT2D eigenvalue weighted by Crippen LogP contribution is -2.41. The maximum Gasteiger partial charge on any atom is 0.223 e. The molecule has 0 aliphatic carbocycles. The number of nitrogens with one attached hydrogen (secondary N) is 1. The molecular formula is C19H27N3O3. The molecule has 2 amide bonds. The Balaban J connectivity index is 1.35. The highest BCUT2D eigenvalue weighted by atomic mass is 16.5. The van der Waals surface area contributed by atoms with Gasteiger partial charge in [-0.05, 0) is 12.0 Å². The Kier molecular flexibility index (Phi) is 6.42. The Hall–Kier alpha value is -1.92. The smallest absolute Gasteiger partial charge is 0.223 e. The zero-order valence-electron chi connectivity index (χ0n) is 14.7. The number of amides is 2. The number of hydrogen-bond acceptors (Lipinski definition) is 4. The van der Waals surface area contributed by atoms with Gasteiger partial charge in [-0.25, -0.2) is 0 Å². The van der Waals surface area contributed by atoms with Gasteiger partial charge in [0.15, 0.2) is 0 Å². The first-order valence-corrected chi connectivity index (χ1v) is 9.12. The summed E-state index contributed by atoms with van der Waals surface area (Å²) in [5.41, 5.74) is 1.30. The predicted octanol–water partition coefficient (Wildman–Crippen LogP) is 1.02. The van der Waals surface area contributed by atoms with Crippen molar-refractivity contribution in [3.05, 3.63) is 35.9 Å². The minimum atomic E-state index is -0.0202. The first kappa shape index (κ1) is 17.9. The molecule has 1 atom stereocenters. The molecule has 0 aromatic heterocycles. The second-order valence-electron chi connectivity index (χ2n) is 6.77. The molecule has 2 aliphatic rings. The van der Waals surface area contributed by atoms with Crippen molar-refractivity contribution in [1.82, 2.24) is 15.1 Å². The molecule has 1 aromatic rings. The van der Waals surface area contributed by atoms with Gasteiger partial charge in [0.05, 0.1) is 13.2 Å². The first-order chi connectivity index (χ1) is 12.2. The molecule has 2 saturated heterocycles. The molecule has 136 valence electrons. The van der Waals surface area contributed by atoms with Gasteiger partial charge in [-0.3, -0.25) is 14.5 Å². The summed E-state index contributed by atoms with van der Waals surface area (Å²) in [7, 11) is 0. The Labute approximate surface area is 149 Å². The number of benzene rings is 1. The average molecular weight is 345 g/mol. The molecule has 6 heteroatoms. The van der Waals surface area contributed by atoms with Gasteiger partial charge in [0.25, 0.3) is 0 Å². The molecule has 25 heavy (non-hydrogen) atoms. The molecule has 0 spiro atoms. The lowest BCUT2D eigenvalue weighted by Gasteiger charge is -2.26. The first-order valence-electron chi connectivity index (χ1n) is 9.12. The van der Waals surface area contributed by atoms with Crippen molar-refractivity contribution in [3.8, 4) is 0 Å². The summed E-state index contributed by atoms with van der Waals surface area (Å²) in [6, 6.07) is 10.6. The van der Waals surface area contributed by atoms with Gasteiger partial charge < -0.3 is 15.0 Å². The van der Waals surface area contributed by atoms with Gasteiger partial charge in [0.1, 0.15) is 0 Å². The summed E-state index contributed by atoms with van der Waals surface area (Å²) >= 11 is 0. The van der Waals surface area contributed by atoms with E-state index in [-0.39, 0.29) is 30.7 Å². The lowest BCUT2D eigenvalue weighted by molar-refractivity contribution is -0.137. The maximum absolute atomic E-state index is 12.1. The predicted molar refractivity (Wildman–Crippen MR) is 94.9 cm³/mol. The Morgan fingerprint density at radius 2 is 1.84 bits per heavy atom. The fraction of sp³-hybridized carbons (Fsp3) is 0.579. The van der Waals surface area contributed by atoms with Crippen LogP contribution in [0.15, 0.2) is 30.3 Å². The quantitative estimate of drug-likeness (QED) is 0.836. The Morgan fingerprint density at radius 1 is 1.08 bits per heavy atom. The third-order valence-electron chi connectivity index (χ3n) is 4.82. The van der Waals surface area contributed by atoms with E-state index >= 15 is 0 Å². The summed E-state index contributed by atoms with van der Waals surface area (Å²) in [6.45, 7) is 5.25. The molecule has 2 aliphatic heterocycles. The van der Waals surface area contributed by atoms with E-state index in [0.717, 1.165) is 26.1 Å². The molecule has 0 bridgehead atoms. The van der Waals surface area contributed by atoms with Crippen molar-refractivity contribution in [1.29, 1.82) is 0 Å². The second kappa shape index (κ2) is 8.97. The molecule has 2 heterocycles. The van der Waals surface area contributed by atoms with E-state index < -0.39 is 0 Å². The number of hydrogen-bond donors (Lipinski definition) is 1. The maximum atomic E-state index is 12.1. The summed E-state index contributed by atoms with van der Waals surface area (Å²) in [5.74, 6) is 0.0312. The number of nitrogens with zero attached hydrogens (tertiary/aromatic N) is 2. The highest BCUT2D eigenvalue weighted by Gasteiger charge is 2.24. The molecular weight excluding hydrogens is 318 g/mol. The van der Waals surface area contributed by atoms with Gasteiger partial charge in [-0.2, -0.15) is 0 Å². The molecule has 0 radical (unpaired) electrons. The van der Waals surface area contributed by atoms with E-state index in [1.54, 1.807) is 4.90 Å². The normalized spacial score (nSPS) is 21.3. The van der Waals surface area contributed by atoms with Crippen LogP contribution in [0.4, 0.5) is 0 Å². The molecule has 1 N–H and O–H groups in total. The summed E-state index contributed by atoms with van der Waals surface area (Å²) in [5, 5.41) is 3.08. The molecule has 1 unspecified atom stereocenters. The van der Waals surface area contributed by atoms with E-state index in [0.29, 0.717) is 26.3 Å². The zero-order valence-corrected chi connectivity index (χ0v) is 14.7. The number of rotatable bonds is 6. The van der Waals surface area contributed by atoms with Gasteiger partial charge in [-0.15, -0.1) is 0 Å². The van der Waals surface area contributed by atoms with Gasteiger partial charge >= 0.3 is 0 Å². The van der Waals surface area contributed by atoms with Crippen LogP contribution in [0.5, 0.6) is 0 Å². The van der Waals surface area contributed by atoms with Crippen LogP contribution in [0.1, 0.15) is 24.8 Å². The fourth-order valence-electron chi connectivity index (χ4n) is 3.43. The van der Waals surface area contributed by atoms with Gasteiger partial charge in [0, 0.05) is 51.6 Å². The Bertz CT molecular complexity index is 573. The zero-order chi connectivity index (χ0) is 17.5. The Morgan fingerprint density at radius 3 is 2.60 bits per heavy atom. The highest BCUT2D eigenvalue weighted by molar-refractivity contribution is 5.84. The SMILES string of the molecule is O=C(CCC(=O)N1CCOCC1)NC1CCN(Cc2ccccc2)C1. The fourth-order valence-corrected chi connectivity index (χ4v) is 3.43. The molecule has 2 fully saturated rings. The molecule has 1 aromatic carbocycles. The topological polar surface area (TPSA) is 61.9 Å². The largest absolute Gasteiger partial charge is 0.378 e. The number of carbonyl (C=O) groups is 2. The standard InChI is InChI=1S/C19H27N3O3/c23-18(6-7-19(24)22-10-12-25-13-11-22)20-17-8-9-21(15-17)14-16-4-2-1-3-5-16/h1-5,17H,6-15H2,(H,20,23). The second-order valence-corrected chi connectivity index (χ2v) is 6.77. The van der Waals surface area contributed by atoms with Crippen LogP contribution in [0.2, 0.25) is 0 Å². The molecule has 6 nitrogen and oxygen atoms in total. The summed E-state index contributed by atoms with van der Waals surface area (Å²) in [6.07, 6.45) is 1.52. The minimum Gasteiger partial charge on any atom is -0.378 e. The van der Waals surface area contributed by atoms with Crippen molar-refractivity contribution in [2.24, 2.45) is 0 Å². The summed E-state index contributed by atoms with van der Waals surface area (Å²) in [4.78, 5) is 28.3. The van der Waals surface area contributed by atoms with E-state index in [1.165, 1.54) is 5.56 Å². The van der Waals surface area contributed by atoms with Crippen LogP contribution in [-0.4, -0.2) is 67.0 Å². The highest BCUT2D eigenvalue weighted by Crippen LogP contribution is 2.13. The van der Waals surface area contributed by atoms with E-state index in [2.05, 4.69) is 34.5 Å². The molecule has 3 rings (SSSR count). The van der Waals surface area contributed by atoms with E-state index in [4.69, 9.17) is 4.74 Å². The number of morpholine rings is 1. The van der Waals surface area contributed by atoms with Crippen molar-refractivity contribution < 1.29 is 14.3 Å². The number of ether oxygens (including phenoxy) is 1. The van der Waals surface area contributed by atoms with Crippen LogP contribution < -0.4 is 5.32 Å². The summed E-state index contributed by atoms with van der Waals surface area (Å²) < 4.78 is 5.24. The van der Waals surface area contributed by atoms with Crippen LogP contribution in [0.25, 0.3) is 0 Å². The van der Waals surface area contributed by atoms with Crippen LogP contribution in [0.3, 0.4) is 0 Å². The number of likely N-dealkylation sites (tertiary alicyclic amines) is 1. The minimum absolute atomic E-state index is 0.0202. The molecule has 0 saturated carbocycles. The van der Waals surface area contributed by atoms with Crippen LogP contribution >= 0.6 is 0 Å². The van der Waals surface area contributed by atoms with Crippen molar-refractivity contribution in [3.63, 3.8) is 0 Å². The van der Waals surface area contributed by atoms with Gasteiger partial charge in [0.2, 0.25) is 11.8 Å².